The monoisotopic (exact) mass is 296 g/mol. The molecular weight excluding hydrogens is 275 g/mol. The summed E-state index contributed by atoms with van der Waals surface area (Å²) in [4.78, 5) is 0. The number of benzene rings is 1. The van der Waals surface area contributed by atoms with Gasteiger partial charge in [0.2, 0.25) is 0 Å². The Labute approximate surface area is 124 Å². The van der Waals surface area contributed by atoms with E-state index in [2.05, 4.69) is 11.8 Å². The topological polar surface area (TPSA) is 47.9 Å². The van der Waals surface area contributed by atoms with Gasteiger partial charge in [-0.05, 0) is 18.6 Å². The Morgan fingerprint density at radius 3 is 2.76 bits per heavy atom. The second-order valence-corrected chi connectivity index (χ2v) is 4.22. The minimum Gasteiger partial charge on any atom is -0.491 e. The van der Waals surface area contributed by atoms with Crippen molar-refractivity contribution in [3.63, 3.8) is 0 Å². The van der Waals surface area contributed by atoms with Crippen LogP contribution in [0.25, 0.3) is 0 Å². The van der Waals surface area contributed by atoms with Crippen LogP contribution in [-0.4, -0.2) is 45.3 Å². The van der Waals surface area contributed by atoms with Crippen molar-refractivity contribution in [3.05, 3.63) is 29.6 Å². The minimum atomic E-state index is -0.432. The molecule has 0 saturated heterocycles. The van der Waals surface area contributed by atoms with Crippen molar-refractivity contribution in [2.45, 2.75) is 12.8 Å². The molecule has 0 heterocycles. The van der Waals surface area contributed by atoms with Crippen LogP contribution in [0.3, 0.4) is 0 Å². The van der Waals surface area contributed by atoms with Crippen LogP contribution in [0.15, 0.2) is 18.2 Å². The smallest absolute Gasteiger partial charge is 0.142 e. The second-order valence-electron chi connectivity index (χ2n) is 4.22. The summed E-state index contributed by atoms with van der Waals surface area (Å²) < 4.78 is 29.3. The van der Waals surface area contributed by atoms with E-state index in [1.54, 1.807) is 19.2 Å². The molecule has 0 unspecified atom stereocenters. The summed E-state index contributed by atoms with van der Waals surface area (Å²) in [5, 5.41) is 8.61. The highest BCUT2D eigenvalue weighted by Crippen LogP contribution is 2.16. The Hall–Kier alpha value is -1.61. The van der Waals surface area contributed by atoms with Crippen molar-refractivity contribution in [2.24, 2.45) is 0 Å². The number of rotatable bonds is 9. The maximum atomic E-state index is 13.7. The van der Waals surface area contributed by atoms with Gasteiger partial charge < -0.3 is 19.3 Å². The number of halogens is 1. The third kappa shape index (κ3) is 7.66. The van der Waals surface area contributed by atoms with Crippen LogP contribution in [0.4, 0.5) is 4.39 Å². The largest absolute Gasteiger partial charge is 0.491 e. The molecule has 21 heavy (non-hydrogen) atoms. The van der Waals surface area contributed by atoms with E-state index >= 15 is 0 Å². The highest BCUT2D eigenvalue weighted by Gasteiger charge is 2.02. The van der Waals surface area contributed by atoms with Crippen LogP contribution in [0.1, 0.15) is 18.4 Å². The van der Waals surface area contributed by atoms with Crippen molar-refractivity contribution in [3.8, 4) is 17.6 Å². The van der Waals surface area contributed by atoms with Gasteiger partial charge in [0.25, 0.3) is 0 Å². The molecule has 1 aromatic carbocycles. The molecule has 0 amide bonds. The lowest BCUT2D eigenvalue weighted by Gasteiger charge is -2.07. The van der Waals surface area contributed by atoms with E-state index in [-0.39, 0.29) is 6.61 Å². The lowest BCUT2D eigenvalue weighted by molar-refractivity contribution is 0.0806. The van der Waals surface area contributed by atoms with Gasteiger partial charge in [-0.25, -0.2) is 4.39 Å². The fraction of sp³-hybridized carbons (Fsp3) is 0.500. The first-order chi connectivity index (χ1) is 10.3. The normalized spacial score (nSPS) is 10.0. The average molecular weight is 296 g/mol. The maximum absolute atomic E-state index is 13.7. The fourth-order valence-electron chi connectivity index (χ4n) is 1.53. The number of hydrogen-bond donors (Lipinski definition) is 1. The van der Waals surface area contributed by atoms with Crippen molar-refractivity contribution in [1.82, 2.24) is 0 Å². The molecule has 0 aliphatic heterocycles. The molecule has 0 fully saturated rings. The Morgan fingerprint density at radius 1 is 1.19 bits per heavy atom. The van der Waals surface area contributed by atoms with Crippen molar-refractivity contribution in [1.29, 1.82) is 0 Å². The van der Waals surface area contributed by atoms with Gasteiger partial charge in [-0.15, -0.1) is 0 Å². The van der Waals surface area contributed by atoms with Crippen molar-refractivity contribution >= 4 is 0 Å². The van der Waals surface area contributed by atoms with E-state index < -0.39 is 5.82 Å². The molecule has 4 nitrogen and oxygen atoms in total. The molecule has 1 rings (SSSR count). The van der Waals surface area contributed by atoms with Gasteiger partial charge in [0.15, 0.2) is 0 Å². The molecule has 0 aliphatic rings. The summed E-state index contributed by atoms with van der Waals surface area (Å²) in [6.45, 7) is 2.07. The van der Waals surface area contributed by atoms with Crippen LogP contribution < -0.4 is 4.74 Å². The highest BCUT2D eigenvalue weighted by atomic mass is 19.1. The Bertz CT molecular complexity index is 465. The molecule has 1 N–H and O–H groups in total. The first-order valence-electron chi connectivity index (χ1n) is 6.86. The van der Waals surface area contributed by atoms with Crippen LogP contribution in [0.5, 0.6) is 5.75 Å². The number of methoxy groups -OCH3 is 1. The number of ether oxygens (including phenoxy) is 3. The van der Waals surface area contributed by atoms with Gasteiger partial charge in [0.1, 0.15) is 18.2 Å². The Kier molecular flexibility index (Phi) is 9.21. The zero-order valence-electron chi connectivity index (χ0n) is 12.2. The predicted octanol–water partition coefficient (Wildman–Crippen LogP) is 1.99. The molecule has 0 aliphatic carbocycles. The summed E-state index contributed by atoms with van der Waals surface area (Å²) in [5.74, 6) is 5.35. The average Bonchev–Trinajstić information content (AvgIpc) is 2.48. The summed E-state index contributed by atoms with van der Waals surface area (Å²) in [5.41, 5.74) is 0.298. The van der Waals surface area contributed by atoms with Gasteiger partial charge in [0, 0.05) is 32.8 Å². The van der Waals surface area contributed by atoms with Gasteiger partial charge in [-0.3, -0.25) is 0 Å². The summed E-state index contributed by atoms with van der Waals surface area (Å²) >= 11 is 0. The van der Waals surface area contributed by atoms with E-state index in [1.807, 2.05) is 0 Å². The lowest BCUT2D eigenvalue weighted by Crippen LogP contribution is -2.08. The highest BCUT2D eigenvalue weighted by molar-refractivity contribution is 5.39. The lowest BCUT2D eigenvalue weighted by atomic mass is 10.2. The SMILES string of the molecule is COCCCOCCOc1ccc(C#CCCO)c(F)c1. The minimum absolute atomic E-state index is 0.0276. The molecule has 0 spiro atoms. The van der Waals surface area contributed by atoms with Crippen molar-refractivity contribution < 1.29 is 23.7 Å². The van der Waals surface area contributed by atoms with E-state index in [9.17, 15) is 4.39 Å². The van der Waals surface area contributed by atoms with Crippen LogP contribution in [-0.2, 0) is 9.47 Å². The molecule has 0 atom stereocenters. The molecule has 0 saturated carbocycles. The van der Waals surface area contributed by atoms with E-state index in [0.717, 1.165) is 6.42 Å². The zero-order valence-corrected chi connectivity index (χ0v) is 12.2. The Balaban J connectivity index is 2.30. The fourth-order valence-corrected chi connectivity index (χ4v) is 1.53. The maximum Gasteiger partial charge on any atom is 0.142 e. The zero-order chi connectivity index (χ0) is 15.3. The molecule has 0 bridgehead atoms. The number of hydrogen-bond acceptors (Lipinski definition) is 4. The third-order valence-electron chi connectivity index (χ3n) is 2.53. The van der Waals surface area contributed by atoms with Gasteiger partial charge >= 0.3 is 0 Å². The predicted molar refractivity (Wildman–Crippen MR) is 77.8 cm³/mol. The summed E-state index contributed by atoms with van der Waals surface area (Å²) in [6, 6.07) is 4.53. The van der Waals surface area contributed by atoms with Gasteiger partial charge in [-0.2, -0.15) is 0 Å². The molecule has 1 aromatic rings. The Morgan fingerprint density at radius 2 is 2.05 bits per heavy atom. The number of aliphatic hydroxyl groups excluding tert-OH is 1. The second kappa shape index (κ2) is 11.1. The summed E-state index contributed by atoms with van der Waals surface area (Å²) in [6.07, 6.45) is 1.17. The van der Waals surface area contributed by atoms with E-state index in [0.29, 0.717) is 44.2 Å². The van der Waals surface area contributed by atoms with Crippen molar-refractivity contribution in [2.75, 3.05) is 40.1 Å². The quantitative estimate of drug-likeness (QED) is 0.559. The molecule has 0 radical (unpaired) electrons. The van der Waals surface area contributed by atoms with Gasteiger partial charge in [0.05, 0.1) is 18.8 Å². The number of aliphatic hydroxyl groups is 1. The molecule has 0 aromatic heterocycles. The third-order valence-corrected chi connectivity index (χ3v) is 2.53. The van der Waals surface area contributed by atoms with E-state index in [4.69, 9.17) is 19.3 Å². The summed E-state index contributed by atoms with van der Waals surface area (Å²) in [7, 11) is 1.65. The van der Waals surface area contributed by atoms with Crippen LogP contribution >= 0.6 is 0 Å². The molecule has 116 valence electrons. The van der Waals surface area contributed by atoms with Crippen LogP contribution in [0.2, 0.25) is 0 Å². The van der Waals surface area contributed by atoms with Crippen LogP contribution in [0, 0.1) is 17.7 Å². The van der Waals surface area contributed by atoms with Gasteiger partial charge in [-0.1, -0.05) is 11.8 Å². The van der Waals surface area contributed by atoms with E-state index in [1.165, 1.54) is 6.07 Å². The molecular formula is C16H21FO4. The first kappa shape index (κ1) is 17.4. The first-order valence-corrected chi connectivity index (χ1v) is 6.86. The molecule has 5 heteroatoms. The standard InChI is InChI=1S/C16H21FO4/c1-19-9-4-10-20-11-12-21-15-7-6-14(16(17)13-15)5-2-3-8-18/h6-7,13,18H,3-4,8-12H2,1H3.